The highest BCUT2D eigenvalue weighted by molar-refractivity contribution is 7.45. The minimum Gasteiger partial charge on any atom is -0.756 e. The lowest BCUT2D eigenvalue weighted by atomic mass is 10.3. The summed E-state index contributed by atoms with van der Waals surface area (Å²) in [5, 5.41) is 0. The van der Waals surface area contributed by atoms with Crippen LogP contribution in [0.2, 0.25) is 0 Å². The van der Waals surface area contributed by atoms with Crippen LogP contribution < -0.4 is 14.4 Å². The van der Waals surface area contributed by atoms with Gasteiger partial charge in [0, 0.05) is 0 Å². The molecule has 0 spiro atoms. The van der Waals surface area contributed by atoms with Crippen LogP contribution in [-0.4, -0.2) is 58.1 Å². The standard InChI is InChI=1S/C20H28NO6P/c1-21(2,3)14-15-25-28(22,23)26-17-20(27-19-12-8-5-9-13-19)16-24-18-10-6-4-7-11-18/h4-13,20H,14-17H2,1-3H3/t20-/m1/s1. The first kappa shape index (κ1) is 22.4. The van der Waals surface area contributed by atoms with Gasteiger partial charge >= 0.3 is 0 Å². The summed E-state index contributed by atoms with van der Waals surface area (Å²) in [6.45, 7) is 0.496. The third kappa shape index (κ3) is 9.35. The zero-order valence-corrected chi connectivity index (χ0v) is 17.4. The van der Waals surface area contributed by atoms with E-state index >= 15 is 0 Å². The van der Waals surface area contributed by atoms with Crippen LogP contribution in [0.15, 0.2) is 60.7 Å². The van der Waals surface area contributed by atoms with Crippen molar-refractivity contribution in [2.45, 2.75) is 6.10 Å². The normalized spacial score (nSPS) is 14.9. The quantitative estimate of drug-likeness (QED) is 0.396. The van der Waals surface area contributed by atoms with Crippen LogP contribution >= 0.6 is 7.82 Å². The molecule has 0 heterocycles. The van der Waals surface area contributed by atoms with E-state index in [1.54, 1.807) is 12.1 Å². The highest BCUT2D eigenvalue weighted by Gasteiger charge is 2.19. The number of rotatable bonds is 12. The van der Waals surface area contributed by atoms with Crippen molar-refractivity contribution in [1.82, 2.24) is 0 Å². The van der Waals surface area contributed by atoms with Gasteiger partial charge < -0.3 is 27.9 Å². The second kappa shape index (κ2) is 10.6. The summed E-state index contributed by atoms with van der Waals surface area (Å²) in [6.07, 6.45) is -0.633. The number of phosphoric ester groups is 1. The molecule has 0 aliphatic heterocycles. The maximum atomic E-state index is 12.0. The number of benzene rings is 2. The average molecular weight is 409 g/mol. The molecular formula is C20H28NO6P. The van der Waals surface area contributed by atoms with E-state index in [0.717, 1.165) is 0 Å². The summed E-state index contributed by atoms with van der Waals surface area (Å²) < 4.78 is 34.1. The molecule has 0 aliphatic rings. The van der Waals surface area contributed by atoms with Gasteiger partial charge in [-0.05, 0) is 24.3 Å². The maximum Gasteiger partial charge on any atom is 0.268 e. The topological polar surface area (TPSA) is 77.1 Å². The van der Waals surface area contributed by atoms with E-state index in [1.807, 2.05) is 69.7 Å². The van der Waals surface area contributed by atoms with Gasteiger partial charge in [-0.2, -0.15) is 0 Å². The van der Waals surface area contributed by atoms with E-state index in [0.29, 0.717) is 22.5 Å². The van der Waals surface area contributed by atoms with Gasteiger partial charge in [0.15, 0.2) is 6.10 Å². The van der Waals surface area contributed by atoms with Crippen LogP contribution in [0.5, 0.6) is 11.5 Å². The Labute approximate surface area is 166 Å². The van der Waals surface area contributed by atoms with E-state index in [-0.39, 0.29) is 19.8 Å². The third-order valence-corrected chi connectivity index (χ3v) is 4.62. The molecule has 0 aliphatic carbocycles. The van der Waals surface area contributed by atoms with Crippen LogP contribution in [-0.2, 0) is 13.6 Å². The average Bonchev–Trinajstić information content (AvgIpc) is 2.64. The minimum atomic E-state index is -4.43. The molecule has 1 unspecified atom stereocenters. The van der Waals surface area contributed by atoms with E-state index in [2.05, 4.69) is 0 Å². The Kier molecular flexibility index (Phi) is 8.48. The third-order valence-electron chi connectivity index (χ3n) is 3.66. The Balaban J connectivity index is 1.91. The Morgan fingerprint density at radius 1 is 0.893 bits per heavy atom. The molecule has 0 bridgehead atoms. The molecule has 0 saturated heterocycles. The van der Waals surface area contributed by atoms with Crippen molar-refractivity contribution in [3.63, 3.8) is 0 Å². The predicted octanol–water partition coefficient (Wildman–Crippen LogP) is 2.72. The molecule has 8 heteroatoms. The maximum absolute atomic E-state index is 12.0. The van der Waals surface area contributed by atoms with Gasteiger partial charge in [-0.25, -0.2) is 0 Å². The SMILES string of the molecule is C[N+](C)(C)CCOP(=O)([O-])OC[C@@H](COc1ccccc1)Oc1ccccc1. The number of quaternary nitrogens is 1. The van der Waals surface area contributed by atoms with Crippen molar-refractivity contribution in [3.8, 4) is 11.5 Å². The summed E-state index contributed by atoms with van der Waals surface area (Å²) in [7, 11) is 1.42. The molecule has 0 radical (unpaired) electrons. The molecule has 2 aromatic rings. The summed E-state index contributed by atoms with van der Waals surface area (Å²) in [5.41, 5.74) is 0. The number of likely N-dealkylation sites (N-methyl/N-ethyl adjacent to an activating group) is 1. The molecule has 0 fully saturated rings. The van der Waals surface area contributed by atoms with Crippen molar-refractivity contribution in [1.29, 1.82) is 0 Å². The Hall–Kier alpha value is -1.89. The molecule has 28 heavy (non-hydrogen) atoms. The van der Waals surface area contributed by atoms with Gasteiger partial charge in [-0.15, -0.1) is 0 Å². The molecule has 2 atom stereocenters. The minimum absolute atomic E-state index is 0.0506. The molecular weight excluding hydrogens is 381 g/mol. The molecule has 0 saturated carbocycles. The fourth-order valence-electron chi connectivity index (χ4n) is 2.15. The second-order valence-corrected chi connectivity index (χ2v) is 8.68. The lowest BCUT2D eigenvalue weighted by molar-refractivity contribution is -0.870. The van der Waals surface area contributed by atoms with Crippen molar-refractivity contribution in [3.05, 3.63) is 60.7 Å². The van der Waals surface area contributed by atoms with Crippen LogP contribution in [0.3, 0.4) is 0 Å². The molecule has 0 N–H and O–H groups in total. The van der Waals surface area contributed by atoms with Crippen LogP contribution in [0.1, 0.15) is 0 Å². The Bertz CT molecular complexity index is 735. The van der Waals surface area contributed by atoms with Gasteiger partial charge in [0.1, 0.15) is 31.3 Å². The summed E-state index contributed by atoms with van der Waals surface area (Å²) in [4.78, 5) is 12.0. The smallest absolute Gasteiger partial charge is 0.268 e. The van der Waals surface area contributed by atoms with Crippen LogP contribution in [0, 0.1) is 0 Å². The van der Waals surface area contributed by atoms with E-state index in [4.69, 9.17) is 18.5 Å². The highest BCUT2D eigenvalue weighted by atomic mass is 31.2. The van der Waals surface area contributed by atoms with Gasteiger partial charge in [0.25, 0.3) is 7.82 Å². The van der Waals surface area contributed by atoms with Crippen LogP contribution in [0.25, 0.3) is 0 Å². The van der Waals surface area contributed by atoms with Crippen molar-refractivity contribution >= 4 is 7.82 Å². The second-order valence-electron chi connectivity index (χ2n) is 7.27. The van der Waals surface area contributed by atoms with E-state index in [9.17, 15) is 9.46 Å². The Morgan fingerprint density at radius 2 is 1.46 bits per heavy atom. The van der Waals surface area contributed by atoms with Crippen molar-refractivity contribution in [2.24, 2.45) is 0 Å². The van der Waals surface area contributed by atoms with E-state index in [1.165, 1.54) is 0 Å². The lowest BCUT2D eigenvalue weighted by Crippen LogP contribution is -2.37. The molecule has 0 amide bonds. The highest BCUT2D eigenvalue weighted by Crippen LogP contribution is 2.38. The molecule has 7 nitrogen and oxygen atoms in total. The first-order valence-corrected chi connectivity index (χ1v) is 10.5. The van der Waals surface area contributed by atoms with E-state index < -0.39 is 13.9 Å². The number of ether oxygens (including phenoxy) is 2. The molecule has 2 aromatic carbocycles. The number of hydrogen-bond acceptors (Lipinski definition) is 6. The van der Waals surface area contributed by atoms with Gasteiger partial charge in [-0.1, -0.05) is 36.4 Å². The molecule has 2 rings (SSSR count). The summed E-state index contributed by atoms with van der Waals surface area (Å²) >= 11 is 0. The number of phosphoric acid groups is 1. The monoisotopic (exact) mass is 409 g/mol. The molecule has 0 aromatic heterocycles. The predicted molar refractivity (Wildman–Crippen MR) is 105 cm³/mol. The van der Waals surface area contributed by atoms with Gasteiger partial charge in [0.05, 0.1) is 27.7 Å². The molecule has 154 valence electrons. The van der Waals surface area contributed by atoms with Crippen molar-refractivity contribution in [2.75, 3.05) is 47.5 Å². The zero-order chi connectivity index (χ0) is 20.5. The van der Waals surface area contributed by atoms with Gasteiger partial charge in [0.2, 0.25) is 0 Å². The lowest BCUT2D eigenvalue weighted by Gasteiger charge is -2.28. The summed E-state index contributed by atoms with van der Waals surface area (Å²) in [6, 6.07) is 18.3. The van der Waals surface area contributed by atoms with Crippen molar-refractivity contribution < 1.29 is 32.5 Å². The first-order valence-electron chi connectivity index (χ1n) is 9.04. The Morgan fingerprint density at radius 3 is 2.04 bits per heavy atom. The van der Waals surface area contributed by atoms with Gasteiger partial charge in [-0.3, -0.25) is 4.57 Å². The largest absolute Gasteiger partial charge is 0.756 e. The zero-order valence-electron chi connectivity index (χ0n) is 16.5. The van der Waals surface area contributed by atoms with Crippen LogP contribution in [0.4, 0.5) is 0 Å². The summed E-state index contributed by atoms with van der Waals surface area (Å²) in [5.74, 6) is 1.26. The number of nitrogens with zero attached hydrogens (tertiary/aromatic N) is 1. The number of para-hydroxylation sites is 2. The fraction of sp³-hybridized carbons (Fsp3) is 0.400. The number of hydrogen-bond donors (Lipinski definition) is 0. The fourth-order valence-corrected chi connectivity index (χ4v) is 2.88. The first-order chi connectivity index (χ1) is 13.2.